The molecular weight excluding hydrogens is 290 g/mol. The van der Waals surface area contributed by atoms with Crippen molar-refractivity contribution in [1.82, 2.24) is 4.31 Å². The van der Waals surface area contributed by atoms with Crippen molar-refractivity contribution in [3.63, 3.8) is 0 Å². The van der Waals surface area contributed by atoms with E-state index in [1.54, 1.807) is 13.0 Å². The summed E-state index contributed by atoms with van der Waals surface area (Å²) in [6.45, 7) is 6.71. The first-order valence-corrected chi connectivity index (χ1v) is 8.66. The molecule has 0 saturated carbocycles. The van der Waals surface area contributed by atoms with Crippen LogP contribution in [-0.2, 0) is 21.4 Å². The molecule has 0 amide bonds. The average molecular weight is 313 g/mol. The van der Waals surface area contributed by atoms with Gasteiger partial charge in [0, 0.05) is 12.6 Å². The zero-order valence-corrected chi connectivity index (χ0v) is 13.6. The van der Waals surface area contributed by atoms with Crippen LogP contribution in [0.1, 0.15) is 30.0 Å². The van der Waals surface area contributed by atoms with E-state index in [4.69, 9.17) is 4.74 Å². The quantitative estimate of drug-likeness (QED) is 0.917. The summed E-state index contributed by atoms with van der Waals surface area (Å²) in [7, 11) is -3.56. The fourth-order valence-electron chi connectivity index (χ4n) is 2.73. The van der Waals surface area contributed by atoms with Crippen molar-refractivity contribution in [1.29, 1.82) is 0 Å². The summed E-state index contributed by atoms with van der Waals surface area (Å²) in [5.74, 6) is 0. The van der Waals surface area contributed by atoms with Crippen LogP contribution in [0.25, 0.3) is 0 Å². The smallest absolute Gasteiger partial charge is 0.243 e. The van der Waals surface area contributed by atoms with Crippen LogP contribution in [0.2, 0.25) is 0 Å². The topological polar surface area (TPSA) is 66.8 Å². The Morgan fingerprint density at radius 3 is 2.67 bits per heavy atom. The zero-order chi connectivity index (χ0) is 15.6. The Morgan fingerprint density at radius 1 is 1.33 bits per heavy atom. The van der Waals surface area contributed by atoms with Crippen molar-refractivity contribution in [2.75, 3.05) is 19.8 Å². The maximum Gasteiger partial charge on any atom is 0.243 e. The summed E-state index contributed by atoms with van der Waals surface area (Å²) < 4.78 is 32.8. The maximum absolute atomic E-state index is 12.9. The van der Waals surface area contributed by atoms with E-state index in [-0.39, 0.29) is 17.5 Å². The van der Waals surface area contributed by atoms with Crippen molar-refractivity contribution < 1.29 is 18.3 Å². The van der Waals surface area contributed by atoms with Crippen molar-refractivity contribution in [2.24, 2.45) is 0 Å². The summed E-state index contributed by atoms with van der Waals surface area (Å²) in [5, 5.41) is 9.38. The van der Waals surface area contributed by atoms with Gasteiger partial charge in [-0.05, 0) is 43.0 Å². The summed E-state index contributed by atoms with van der Waals surface area (Å²) >= 11 is 0. The normalized spacial score (nSPS) is 20.7. The molecule has 2 rings (SSSR count). The first-order valence-electron chi connectivity index (χ1n) is 7.22. The fourth-order valence-corrected chi connectivity index (χ4v) is 4.65. The van der Waals surface area contributed by atoms with Crippen LogP contribution in [-0.4, -0.2) is 43.6 Å². The van der Waals surface area contributed by atoms with E-state index in [1.807, 2.05) is 19.9 Å². The highest BCUT2D eigenvalue weighted by Crippen LogP contribution is 2.27. The lowest BCUT2D eigenvalue weighted by molar-refractivity contribution is 0.0314. The molecule has 1 heterocycles. The monoisotopic (exact) mass is 313 g/mol. The molecule has 0 spiro atoms. The molecule has 1 N–H and O–H groups in total. The number of hydrogen-bond donors (Lipinski definition) is 1. The lowest BCUT2D eigenvalue weighted by atomic mass is 10.1. The molecule has 1 saturated heterocycles. The molecule has 1 aromatic carbocycles. The molecule has 0 aromatic heterocycles. The van der Waals surface area contributed by atoms with Gasteiger partial charge in [-0.15, -0.1) is 0 Å². The van der Waals surface area contributed by atoms with Gasteiger partial charge in [-0.3, -0.25) is 0 Å². The molecule has 1 aliphatic heterocycles. The summed E-state index contributed by atoms with van der Waals surface area (Å²) in [5.41, 5.74) is 2.27. The fraction of sp³-hybridized carbons (Fsp3) is 0.600. The van der Waals surface area contributed by atoms with Gasteiger partial charge in [-0.2, -0.15) is 4.31 Å². The standard InChI is InChI=1S/C15H23NO4S/c1-4-14-10-20-6-5-16(14)21(18,19)15-8-13(9-17)11(2)7-12(15)3/h7-8,14,17H,4-6,9-10H2,1-3H3. The highest BCUT2D eigenvalue weighted by molar-refractivity contribution is 7.89. The van der Waals surface area contributed by atoms with Gasteiger partial charge < -0.3 is 9.84 Å². The van der Waals surface area contributed by atoms with Crippen LogP contribution in [0.3, 0.4) is 0 Å². The largest absolute Gasteiger partial charge is 0.392 e. The highest BCUT2D eigenvalue weighted by Gasteiger charge is 2.34. The average Bonchev–Trinajstić information content (AvgIpc) is 2.47. The minimum atomic E-state index is -3.56. The molecule has 0 aliphatic carbocycles. The lowest BCUT2D eigenvalue weighted by Crippen LogP contribution is -2.48. The Hall–Kier alpha value is -0.950. The zero-order valence-electron chi connectivity index (χ0n) is 12.8. The van der Waals surface area contributed by atoms with E-state index in [2.05, 4.69) is 0 Å². The number of aliphatic hydroxyl groups is 1. The molecular formula is C15H23NO4S. The maximum atomic E-state index is 12.9. The third-order valence-electron chi connectivity index (χ3n) is 4.04. The van der Waals surface area contributed by atoms with Gasteiger partial charge >= 0.3 is 0 Å². The van der Waals surface area contributed by atoms with Gasteiger partial charge in [0.2, 0.25) is 10.0 Å². The van der Waals surface area contributed by atoms with Crippen LogP contribution >= 0.6 is 0 Å². The molecule has 0 bridgehead atoms. The van der Waals surface area contributed by atoms with E-state index in [0.717, 1.165) is 12.0 Å². The molecule has 1 atom stereocenters. The van der Waals surface area contributed by atoms with Gasteiger partial charge in [0.15, 0.2) is 0 Å². The number of hydrogen-bond acceptors (Lipinski definition) is 4. The van der Waals surface area contributed by atoms with E-state index in [0.29, 0.717) is 30.9 Å². The van der Waals surface area contributed by atoms with Crippen molar-refractivity contribution in [2.45, 2.75) is 44.7 Å². The molecule has 21 heavy (non-hydrogen) atoms. The van der Waals surface area contributed by atoms with Crippen LogP contribution in [0.5, 0.6) is 0 Å². The number of aryl methyl sites for hydroxylation is 2. The molecule has 5 nitrogen and oxygen atoms in total. The van der Waals surface area contributed by atoms with E-state index in [9.17, 15) is 13.5 Å². The first-order chi connectivity index (χ1) is 9.91. The van der Waals surface area contributed by atoms with Crippen molar-refractivity contribution in [3.8, 4) is 0 Å². The molecule has 1 fully saturated rings. The van der Waals surface area contributed by atoms with E-state index < -0.39 is 10.0 Å². The minimum Gasteiger partial charge on any atom is -0.392 e. The molecule has 1 aromatic rings. The molecule has 1 aliphatic rings. The SMILES string of the molecule is CCC1COCCN1S(=O)(=O)c1cc(CO)c(C)cc1C. The third kappa shape index (κ3) is 3.13. The van der Waals surface area contributed by atoms with Crippen LogP contribution in [0, 0.1) is 13.8 Å². The van der Waals surface area contributed by atoms with Gasteiger partial charge in [0.25, 0.3) is 0 Å². The molecule has 0 radical (unpaired) electrons. The number of morpholine rings is 1. The number of aliphatic hydroxyl groups excluding tert-OH is 1. The van der Waals surface area contributed by atoms with Gasteiger partial charge in [0.1, 0.15) is 0 Å². The summed E-state index contributed by atoms with van der Waals surface area (Å²) in [6.07, 6.45) is 0.719. The van der Waals surface area contributed by atoms with Crippen molar-refractivity contribution >= 4 is 10.0 Å². The molecule has 6 heteroatoms. The Kier molecular flexibility index (Phi) is 5.03. The summed E-state index contributed by atoms with van der Waals surface area (Å²) in [6, 6.07) is 3.30. The van der Waals surface area contributed by atoms with E-state index in [1.165, 1.54) is 4.31 Å². The van der Waals surface area contributed by atoms with Crippen LogP contribution < -0.4 is 0 Å². The molecule has 118 valence electrons. The second-order valence-corrected chi connectivity index (χ2v) is 7.31. The second-order valence-electron chi connectivity index (χ2n) is 5.46. The highest BCUT2D eigenvalue weighted by atomic mass is 32.2. The Bertz CT molecular complexity index is 612. The predicted octanol–water partition coefficient (Wildman–Crippen LogP) is 1.60. The number of benzene rings is 1. The van der Waals surface area contributed by atoms with Crippen molar-refractivity contribution in [3.05, 3.63) is 28.8 Å². The Balaban J connectivity index is 2.48. The molecule has 1 unspecified atom stereocenters. The second kappa shape index (κ2) is 6.44. The van der Waals surface area contributed by atoms with Gasteiger partial charge in [-0.25, -0.2) is 8.42 Å². The number of sulfonamides is 1. The Morgan fingerprint density at radius 2 is 2.05 bits per heavy atom. The number of ether oxygens (including phenoxy) is 1. The van der Waals surface area contributed by atoms with Gasteiger partial charge in [0.05, 0.1) is 24.7 Å². The lowest BCUT2D eigenvalue weighted by Gasteiger charge is -2.34. The number of rotatable bonds is 4. The minimum absolute atomic E-state index is 0.123. The third-order valence-corrected chi connectivity index (χ3v) is 6.13. The van der Waals surface area contributed by atoms with E-state index >= 15 is 0 Å². The van der Waals surface area contributed by atoms with Crippen LogP contribution in [0.4, 0.5) is 0 Å². The summed E-state index contributed by atoms with van der Waals surface area (Å²) in [4.78, 5) is 0.289. The Labute approximate surface area is 126 Å². The first kappa shape index (κ1) is 16.4. The predicted molar refractivity (Wildman–Crippen MR) is 80.6 cm³/mol. The van der Waals surface area contributed by atoms with Gasteiger partial charge in [-0.1, -0.05) is 13.0 Å². The van der Waals surface area contributed by atoms with Crippen LogP contribution in [0.15, 0.2) is 17.0 Å². The number of nitrogens with zero attached hydrogens (tertiary/aromatic N) is 1.